The summed E-state index contributed by atoms with van der Waals surface area (Å²) in [7, 11) is 3.90. The second kappa shape index (κ2) is 8.01. The van der Waals surface area contributed by atoms with Crippen LogP contribution < -0.4 is 10.5 Å². The Morgan fingerprint density at radius 2 is 1.91 bits per heavy atom. The molecule has 5 heterocycles. The van der Waals surface area contributed by atoms with Gasteiger partial charge in [0, 0.05) is 50.0 Å². The summed E-state index contributed by atoms with van der Waals surface area (Å²) < 4.78 is 5.22. The number of fused-ring (bicyclic) bond motifs is 4. The predicted molar refractivity (Wildman–Crippen MR) is 133 cm³/mol. The van der Waals surface area contributed by atoms with Crippen LogP contribution in [-0.2, 0) is 20.1 Å². The molecule has 6 rings (SSSR count). The molecule has 5 aromatic heterocycles. The minimum Gasteiger partial charge on any atom is -0.355 e. The van der Waals surface area contributed by atoms with Gasteiger partial charge in [-0.3, -0.25) is 19.0 Å². The summed E-state index contributed by atoms with van der Waals surface area (Å²) in [5.74, 6) is 1.35. The summed E-state index contributed by atoms with van der Waals surface area (Å²) >= 11 is 0. The fraction of sp³-hybridized carbons (Fsp3) is 0.200. The van der Waals surface area contributed by atoms with Crippen molar-refractivity contribution >= 4 is 33.3 Å². The minimum absolute atomic E-state index is 0.128. The fourth-order valence-electron chi connectivity index (χ4n) is 4.51. The monoisotopic (exact) mass is 465 g/mol. The van der Waals surface area contributed by atoms with Gasteiger partial charge in [-0.15, -0.1) is 0 Å². The molecule has 0 amide bonds. The van der Waals surface area contributed by atoms with Gasteiger partial charge in [-0.1, -0.05) is 12.1 Å². The first-order chi connectivity index (χ1) is 17.0. The molecule has 0 aliphatic rings. The smallest absolute Gasteiger partial charge is 0.262 e. The third-order valence-corrected chi connectivity index (χ3v) is 6.06. The van der Waals surface area contributed by atoms with E-state index in [1.165, 1.54) is 0 Å². The second-order valence-electron chi connectivity index (χ2n) is 8.70. The summed E-state index contributed by atoms with van der Waals surface area (Å²) in [6.45, 7) is 2.76. The Labute approximate surface area is 200 Å². The molecule has 6 aromatic rings. The number of nitrogens with zero attached hydrogens (tertiary/aromatic N) is 9. The van der Waals surface area contributed by atoms with Gasteiger partial charge in [0.1, 0.15) is 11.5 Å². The molecule has 0 aliphatic heterocycles. The number of hydrogen-bond donors (Lipinski definition) is 0. The number of anilines is 1. The largest absolute Gasteiger partial charge is 0.355 e. The Bertz CT molecular complexity index is 1780. The van der Waals surface area contributed by atoms with Crippen LogP contribution in [0.3, 0.4) is 0 Å². The summed E-state index contributed by atoms with van der Waals surface area (Å²) in [5, 5.41) is 10.4. The van der Waals surface area contributed by atoms with Gasteiger partial charge in [-0.05, 0) is 25.1 Å². The van der Waals surface area contributed by atoms with Crippen molar-refractivity contribution in [2.45, 2.75) is 20.0 Å². The molecule has 1 aromatic carbocycles. The fourth-order valence-corrected chi connectivity index (χ4v) is 4.51. The molecule has 10 heteroatoms. The van der Waals surface area contributed by atoms with E-state index >= 15 is 0 Å². The van der Waals surface area contributed by atoms with Gasteiger partial charge in [0.25, 0.3) is 5.56 Å². The molecule has 0 atom stereocenters. The standard InChI is InChI=1S/C25H23N9O/c1-16-10-23-33(25(35)19-8-9-26-12-21(19)34(23)30-16)15-22-28-20-7-5-4-6-18(20)24(29-22)31(2)13-17-11-27-32(3)14-17/h4-12,14H,13,15H2,1-3H3. The highest BCUT2D eigenvalue weighted by atomic mass is 16.1. The summed E-state index contributed by atoms with van der Waals surface area (Å²) in [6, 6.07) is 11.5. The molecule has 0 saturated heterocycles. The molecule has 0 spiro atoms. The molecule has 35 heavy (non-hydrogen) atoms. The van der Waals surface area contributed by atoms with E-state index in [9.17, 15) is 4.79 Å². The first-order valence-corrected chi connectivity index (χ1v) is 11.2. The van der Waals surface area contributed by atoms with Crippen LogP contribution in [0.4, 0.5) is 5.82 Å². The molecule has 0 aliphatic carbocycles. The maximum Gasteiger partial charge on any atom is 0.262 e. The Balaban J connectivity index is 1.50. The maximum atomic E-state index is 13.5. The Kier molecular flexibility index (Phi) is 4.80. The van der Waals surface area contributed by atoms with E-state index < -0.39 is 0 Å². The van der Waals surface area contributed by atoms with Gasteiger partial charge in [-0.25, -0.2) is 14.5 Å². The van der Waals surface area contributed by atoms with Crippen LogP contribution in [0.25, 0.3) is 27.5 Å². The first-order valence-electron chi connectivity index (χ1n) is 11.2. The van der Waals surface area contributed by atoms with E-state index in [1.807, 2.05) is 63.7 Å². The lowest BCUT2D eigenvalue weighted by molar-refractivity contribution is 0.724. The highest BCUT2D eigenvalue weighted by molar-refractivity contribution is 5.89. The SMILES string of the molecule is Cc1cc2n(Cc3nc(N(C)Cc4cnn(C)c4)c4ccccc4n3)c(=O)c3ccncc3n2n1. The highest BCUT2D eigenvalue weighted by Gasteiger charge is 2.17. The number of rotatable bonds is 5. The number of pyridine rings is 1. The molecule has 0 fully saturated rings. The van der Waals surface area contributed by atoms with Crippen LogP contribution in [0.2, 0.25) is 0 Å². The zero-order chi connectivity index (χ0) is 24.1. The van der Waals surface area contributed by atoms with Gasteiger partial charge >= 0.3 is 0 Å². The number of hydrogen-bond acceptors (Lipinski definition) is 7. The van der Waals surface area contributed by atoms with Gasteiger partial charge in [-0.2, -0.15) is 10.2 Å². The van der Waals surface area contributed by atoms with Crippen LogP contribution in [-0.4, -0.2) is 46.0 Å². The van der Waals surface area contributed by atoms with E-state index in [0.29, 0.717) is 28.9 Å². The highest BCUT2D eigenvalue weighted by Crippen LogP contribution is 2.25. The number of benzene rings is 1. The molecule has 174 valence electrons. The molecule has 0 N–H and O–H groups in total. The van der Waals surface area contributed by atoms with Crippen molar-refractivity contribution in [3.63, 3.8) is 0 Å². The van der Waals surface area contributed by atoms with Crippen LogP contribution in [0.5, 0.6) is 0 Å². The number of para-hydroxylation sites is 1. The van der Waals surface area contributed by atoms with Gasteiger partial charge in [0.15, 0.2) is 5.82 Å². The lowest BCUT2D eigenvalue weighted by atomic mass is 10.2. The number of aryl methyl sites for hydroxylation is 2. The Morgan fingerprint density at radius 3 is 2.74 bits per heavy atom. The summed E-state index contributed by atoms with van der Waals surface area (Å²) in [4.78, 5) is 29.5. The third kappa shape index (κ3) is 3.59. The van der Waals surface area contributed by atoms with E-state index in [0.717, 1.165) is 28.0 Å². The van der Waals surface area contributed by atoms with Crippen LogP contribution in [0.15, 0.2) is 66.0 Å². The molecule has 0 radical (unpaired) electrons. The average Bonchev–Trinajstić information content (AvgIpc) is 3.46. The predicted octanol–water partition coefficient (Wildman–Crippen LogP) is 2.71. The maximum absolute atomic E-state index is 13.5. The lowest BCUT2D eigenvalue weighted by Gasteiger charge is -2.20. The third-order valence-electron chi connectivity index (χ3n) is 6.06. The topological polar surface area (TPSA) is 99.0 Å². The minimum atomic E-state index is -0.128. The zero-order valence-corrected chi connectivity index (χ0v) is 19.6. The van der Waals surface area contributed by atoms with E-state index in [1.54, 1.807) is 32.2 Å². The van der Waals surface area contributed by atoms with Crippen LogP contribution in [0.1, 0.15) is 17.1 Å². The van der Waals surface area contributed by atoms with Gasteiger partial charge in [0.2, 0.25) is 0 Å². The number of aromatic nitrogens is 8. The van der Waals surface area contributed by atoms with Crippen molar-refractivity contribution in [3.05, 3.63) is 88.6 Å². The molecular weight excluding hydrogens is 442 g/mol. The van der Waals surface area contributed by atoms with Crippen LogP contribution >= 0.6 is 0 Å². The van der Waals surface area contributed by atoms with Crippen molar-refractivity contribution < 1.29 is 0 Å². The molecule has 10 nitrogen and oxygen atoms in total. The van der Waals surface area contributed by atoms with Crippen LogP contribution in [0, 0.1) is 6.92 Å². The molecular formula is C25H23N9O. The van der Waals surface area contributed by atoms with Gasteiger partial charge < -0.3 is 4.90 Å². The van der Waals surface area contributed by atoms with Gasteiger partial charge in [0.05, 0.1) is 41.1 Å². The zero-order valence-electron chi connectivity index (χ0n) is 19.6. The van der Waals surface area contributed by atoms with Crippen molar-refractivity contribution in [3.8, 4) is 0 Å². The lowest BCUT2D eigenvalue weighted by Crippen LogP contribution is -2.25. The first kappa shape index (κ1) is 21.0. The quantitative estimate of drug-likeness (QED) is 0.386. The summed E-state index contributed by atoms with van der Waals surface area (Å²) in [5.41, 5.74) is 3.94. The van der Waals surface area contributed by atoms with Crippen molar-refractivity contribution in [2.24, 2.45) is 7.05 Å². The molecule has 0 saturated carbocycles. The Hall–Kier alpha value is -4.60. The van der Waals surface area contributed by atoms with E-state index in [2.05, 4.69) is 20.1 Å². The van der Waals surface area contributed by atoms with Crippen molar-refractivity contribution in [1.82, 2.24) is 38.9 Å². The molecule has 0 unspecified atom stereocenters. The average molecular weight is 466 g/mol. The summed E-state index contributed by atoms with van der Waals surface area (Å²) in [6.07, 6.45) is 7.12. The van der Waals surface area contributed by atoms with E-state index in [-0.39, 0.29) is 12.1 Å². The Morgan fingerprint density at radius 1 is 1.06 bits per heavy atom. The normalized spacial score (nSPS) is 11.6. The van der Waals surface area contributed by atoms with Crippen molar-refractivity contribution in [1.29, 1.82) is 0 Å². The van der Waals surface area contributed by atoms with Crippen molar-refractivity contribution in [2.75, 3.05) is 11.9 Å². The second-order valence-corrected chi connectivity index (χ2v) is 8.70. The molecule has 0 bridgehead atoms. The van der Waals surface area contributed by atoms with E-state index in [4.69, 9.17) is 9.97 Å².